The maximum atomic E-state index is 12.7. The lowest BCUT2D eigenvalue weighted by atomic mass is 10.0. The molecule has 10 nitrogen and oxygen atoms in total. The first-order valence-corrected chi connectivity index (χ1v) is 9.95. The number of amides is 2. The molecule has 0 saturated carbocycles. The highest BCUT2D eigenvalue weighted by molar-refractivity contribution is 5.95. The van der Waals surface area contributed by atoms with Crippen molar-refractivity contribution in [2.75, 3.05) is 25.6 Å². The van der Waals surface area contributed by atoms with E-state index in [1.54, 1.807) is 48.5 Å². The first-order valence-electron chi connectivity index (χ1n) is 9.95. The van der Waals surface area contributed by atoms with Crippen LogP contribution in [0.25, 0.3) is 0 Å². The number of hydrogen-bond acceptors (Lipinski definition) is 8. The standard InChI is InChI=1S/C23H26N2O8/c1-15(27)16-7-9-17(10-8-16)24-23(29)33-22(20(31-2)11-12-21(28)25-30)18-5-3-4-6-19(18)32-14-13-26/h3-12,20,22,26,30H,13-14H2,1-2H3,(H,24,29)(H,25,28)/b12-11+/t20-,22-/m1/s1. The molecule has 0 unspecified atom stereocenters. The molecule has 33 heavy (non-hydrogen) atoms. The van der Waals surface area contributed by atoms with Gasteiger partial charge >= 0.3 is 6.09 Å². The minimum Gasteiger partial charge on any atom is -0.491 e. The second-order valence-corrected chi connectivity index (χ2v) is 6.73. The zero-order valence-electron chi connectivity index (χ0n) is 18.2. The van der Waals surface area contributed by atoms with E-state index in [9.17, 15) is 14.4 Å². The Hall–Kier alpha value is -3.73. The highest BCUT2D eigenvalue weighted by Gasteiger charge is 2.28. The number of hydroxylamine groups is 1. The first kappa shape index (κ1) is 25.5. The van der Waals surface area contributed by atoms with Gasteiger partial charge in [0.1, 0.15) is 18.5 Å². The zero-order valence-corrected chi connectivity index (χ0v) is 18.2. The monoisotopic (exact) mass is 458 g/mol. The van der Waals surface area contributed by atoms with Gasteiger partial charge < -0.3 is 19.3 Å². The van der Waals surface area contributed by atoms with Crippen LogP contribution in [0, 0.1) is 0 Å². The van der Waals surface area contributed by atoms with E-state index in [1.165, 1.54) is 25.6 Å². The summed E-state index contributed by atoms with van der Waals surface area (Å²) >= 11 is 0. The van der Waals surface area contributed by atoms with Gasteiger partial charge in [-0.25, -0.2) is 10.3 Å². The number of anilines is 1. The Labute approximate surface area is 190 Å². The summed E-state index contributed by atoms with van der Waals surface area (Å²) in [7, 11) is 1.36. The summed E-state index contributed by atoms with van der Waals surface area (Å²) in [6, 6.07) is 13.0. The maximum Gasteiger partial charge on any atom is 0.412 e. The van der Waals surface area contributed by atoms with Crippen LogP contribution in [0.2, 0.25) is 0 Å². The Kier molecular flexibility index (Phi) is 10.0. The molecular weight excluding hydrogens is 432 g/mol. The van der Waals surface area contributed by atoms with Crippen molar-refractivity contribution in [3.05, 3.63) is 71.8 Å². The Morgan fingerprint density at radius 2 is 1.79 bits per heavy atom. The average Bonchev–Trinajstić information content (AvgIpc) is 2.82. The molecule has 0 spiro atoms. The summed E-state index contributed by atoms with van der Waals surface area (Å²) < 4.78 is 16.6. The van der Waals surface area contributed by atoms with Crippen molar-refractivity contribution < 1.29 is 38.9 Å². The fourth-order valence-electron chi connectivity index (χ4n) is 2.88. The lowest BCUT2D eigenvalue weighted by molar-refractivity contribution is -0.124. The number of aliphatic hydroxyl groups excluding tert-OH is 1. The van der Waals surface area contributed by atoms with Gasteiger partial charge in [0.25, 0.3) is 5.91 Å². The smallest absolute Gasteiger partial charge is 0.412 e. The molecule has 0 saturated heterocycles. The average molecular weight is 458 g/mol. The molecule has 0 bridgehead atoms. The zero-order chi connectivity index (χ0) is 24.2. The van der Waals surface area contributed by atoms with Gasteiger partial charge in [-0.1, -0.05) is 18.2 Å². The van der Waals surface area contributed by atoms with E-state index in [2.05, 4.69) is 5.32 Å². The lowest BCUT2D eigenvalue weighted by Gasteiger charge is -2.26. The Morgan fingerprint density at radius 3 is 2.39 bits per heavy atom. The number of Topliss-reactive ketones (excluding diaryl/α,β-unsaturated/α-hetero) is 1. The minimum atomic E-state index is -1.07. The van der Waals surface area contributed by atoms with Gasteiger partial charge in [-0.3, -0.25) is 20.1 Å². The number of ketones is 1. The predicted octanol–water partition coefficient (Wildman–Crippen LogP) is 2.63. The van der Waals surface area contributed by atoms with Gasteiger partial charge in [-0.2, -0.15) is 0 Å². The summed E-state index contributed by atoms with van der Waals surface area (Å²) in [6.45, 7) is 1.23. The minimum absolute atomic E-state index is 0.0127. The third kappa shape index (κ3) is 7.72. The Balaban J connectivity index is 2.32. The van der Waals surface area contributed by atoms with Crippen LogP contribution < -0.4 is 15.5 Å². The van der Waals surface area contributed by atoms with Crippen molar-refractivity contribution in [2.45, 2.75) is 19.1 Å². The number of methoxy groups -OCH3 is 1. The molecule has 2 aromatic carbocycles. The summed E-state index contributed by atoms with van der Waals surface area (Å²) in [5.74, 6) is -0.557. The molecule has 2 amide bonds. The van der Waals surface area contributed by atoms with Crippen molar-refractivity contribution in [1.29, 1.82) is 0 Å². The topological polar surface area (TPSA) is 143 Å². The van der Waals surface area contributed by atoms with E-state index in [1.807, 2.05) is 0 Å². The number of rotatable bonds is 11. The molecule has 0 aliphatic heterocycles. The largest absolute Gasteiger partial charge is 0.491 e. The van der Waals surface area contributed by atoms with E-state index in [0.29, 0.717) is 22.6 Å². The van der Waals surface area contributed by atoms with E-state index in [4.69, 9.17) is 24.5 Å². The molecule has 0 fully saturated rings. The van der Waals surface area contributed by atoms with Crippen LogP contribution in [0.1, 0.15) is 28.9 Å². The number of benzene rings is 2. The summed E-state index contributed by atoms with van der Waals surface area (Å²) in [5.41, 5.74) is 2.79. The molecule has 10 heteroatoms. The number of carbonyl (C=O) groups excluding carboxylic acids is 3. The van der Waals surface area contributed by atoms with Crippen molar-refractivity contribution >= 4 is 23.5 Å². The number of para-hydroxylation sites is 1. The van der Waals surface area contributed by atoms with Crippen molar-refractivity contribution in [3.8, 4) is 5.75 Å². The first-order chi connectivity index (χ1) is 15.9. The summed E-state index contributed by atoms with van der Waals surface area (Å²) in [6.07, 6.45) is -0.487. The number of aliphatic hydroxyl groups is 1. The van der Waals surface area contributed by atoms with Gasteiger partial charge in [0.05, 0.1) is 6.61 Å². The molecular formula is C23H26N2O8. The van der Waals surface area contributed by atoms with Crippen LogP contribution in [-0.4, -0.2) is 54.5 Å². The molecule has 0 aromatic heterocycles. The molecule has 0 radical (unpaired) electrons. The van der Waals surface area contributed by atoms with Crippen LogP contribution in [0.3, 0.4) is 0 Å². The van der Waals surface area contributed by atoms with Gasteiger partial charge in [0, 0.05) is 30.0 Å². The molecule has 2 atom stereocenters. The Bertz CT molecular complexity index is 975. The molecule has 176 valence electrons. The number of carbonyl (C=O) groups is 3. The van der Waals surface area contributed by atoms with Crippen LogP contribution in [0.5, 0.6) is 5.75 Å². The second-order valence-electron chi connectivity index (χ2n) is 6.73. The number of ether oxygens (including phenoxy) is 3. The van der Waals surface area contributed by atoms with Gasteiger partial charge in [0.2, 0.25) is 0 Å². The fourth-order valence-corrected chi connectivity index (χ4v) is 2.88. The fraction of sp³-hybridized carbons (Fsp3) is 0.261. The van der Waals surface area contributed by atoms with Gasteiger partial charge in [0.15, 0.2) is 11.9 Å². The van der Waals surface area contributed by atoms with E-state index < -0.39 is 24.2 Å². The number of nitrogens with one attached hydrogen (secondary N) is 2. The number of hydrogen-bond donors (Lipinski definition) is 4. The normalized spacial score (nSPS) is 12.6. The quantitative estimate of drug-likeness (QED) is 0.174. The maximum absolute atomic E-state index is 12.7. The highest BCUT2D eigenvalue weighted by Crippen LogP contribution is 2.32. The van der Waals surface area contributed by atoms with Crippen LogP contribution >= 0.6 is 0 Å². The van der Waals surface area contributed by atoms with Crippen molar-refractivity contribution in [2.24, 2.45) is 0 Å². The second kappa shape index (κ2) is 13.0. The van der Waals surface area contributed by atoms with Gasteiger partial charge in [-0.05, 0) is 43.3 Å². The van der Waals surface area contributed by atoms with E-state index in [-0.39, 0.29) is 19.0 Å². The van der Waals surface area contributed by atoms with E-state index in [0.717, 1.165) is 6.08 Å². The molecule has 2 aromatic rings. The molecule has 0 aliphatic carbocycles. The van der Waals surface area contributed by atoms with Gasteiger partial charge in [-0.15, -0.1) is 0 Å². The van der Waals surface area contributed by atoms with Crippen molar-refractivity contribution in [3.63, 3.8) is 0 Å². The molecule has 0 aliphatic rings. The molecule has 2 rings (SSSR count). The third-order valence-electron chi connectivity index (χ3n) is 4.46. The van der Waals surface area contributed by atoms with E-state index >= 15 is 0 Å². The SMILES string of the molecule is CO[C@H](/C=C/C(=O)NO)[C@H](OC(=O)Nc1ccc(C(C)=O)cc1)c1ccccc1OCCO. The highest BCUT2D eigenvalue weighted by atomic mass is 16.6. The van der Waals surface area contributed by atoms with Crippen molar-refractivity contribution in [1.82, 2.24) is 5.48 Å². The Morgan fingerprint density at radius 1 is 1.09 bits per heavy atom. The van der Waals surface area contributed by atoms with Crippen LogP contribution in [0.15, 0.2) is 60.7 Å². The third-order valence-corrected chi connectivity index (χ3v) is 4.46. The lowest BCUT2D eigenvalue weighted by Crippen LogP contribution is -2.28. The van der Waals surface area contributed by atoms with Crippen LogP contribution in [0.4, 0.5) is 10.5 Å². The summed E-state index contributed by atoms with van der Waals surface area (Å²) in [4.78, 5) is 35.5. The predicted molar refractivity (Wildman–Crippen MR) is 118 cm³/mol. The summed E-state index contributed by atoms with van der Waals surface area (Å²) in [5, 5.41) is 20.4. The molecule has 0 heterocycles. The van der Waals surface area contributed by atoms with Crippen LogP contribution in [-0.2, 0) is 14.3 Å². The molecule has 4 N–H and O–H groups in total.